The summed E-state index contributed by atoms with van der Waals surface area (Å²) in [6.07, 6.45) is 3.10. The number of nitriles is 1. The standard InChI is InChI=1S/C14H11ClN4O/c1-19-8-10(6-9(7-16)14(17)20)13(18-19)11-4-2-3-5-12(11)15/h2-6,8H,1H3,(H2,17,20). The monoisotopic (exact) mass is 286 g/mol. The summed E-state index contributed by atoms with van der Waals surface area (Å²) in [6.45, 7) is 0. The minimum Gasteiger partial charge on any atom is -0.365 e. The molecule has 0 radical (unpaired) electrons. The predicted octanol–water partition coefficient (Wildman–Crippen LogP) is 2.13. The first-order chi connectivity index (χ1) is 9.52. The first kappa shape index (κ1) is 13.8. The summed E-state index contributed by atoms with van der Waals surface area (Å²) in [5.74, 6) is -0.776. The number of benzene rings is 1. The van der Waals surface area contributed by atoms with E-state index in [1.54, 1.807) is 30.1 Å². The Bertz CT molecular complexity index is 740. The van der Waals surface area contributed by atoms with E-state index < -0.39 is 5.91 Å². The van der Waals surface area contributed by atoms with Crippen molar-refractivity contribution in [1.82, 2.24) is 9.78 Å². The topological polar surface area (TPSA) is 84.7 Å². The van der Waals surface area contributed by atoms with Gasteiger partial charge in [-0.25, -0.2) is 0 Å². The number of primary amides is 1. The Morgan fingerprint density at radius 3 is 2.80 bits per heavy atom. The van der Waals surface area contributed by atoms with Crippen LogP contribution in [-0.2, 0) is 11.8 Å². The number of hydrogen-bond acceptors (Lipinski definition) is 3. The Labute approximate surface area is 120 Å². The summed E-state index contributed by atoms with van der Waals surface area (Å²) in [4.78, 5) is 11.1. The average molecular weight is 287 g/mol. The third kappa shape index (κ3) is 2.71. The molecule has 100 valence electrons. The molecule has 1 aromatic carbocycles. The van der Waals surface area contributed by atoms with Gasteiger partial charge in [-0.3, -0.25) is 9.48 Å². The number of amides is 1. The molecule has 20 heavy (non-hydrogen) atoms. The number of rotatable bonds is 3. The molecular weight excluding hydrogens is 276 g/mol. The van der Waals surface area contributed by atoms with Gasteiger partial charge < -0.3 is 5.73 Å². The third-order valence-corrected chi connectivity index (χ3v) is 3.00. The summed E-state index contributed by atoms with van der Waals surface area (Å²) in [7, 11) is 1.74. The van der Waals surface area contributed by atoms with Crippen LogP contribution in [0.5, 0.6) is 0 Å². The lowest BCUT2D eigenvalue weighted by Crippen LogP contribution is -2.12. The van der Waals surface area contributed by atoms with Gasteiger partial charge in [0.05, 0.1) is 5.02 Å². The second-order valence-corrected chi connectivity index (χ2v) is 4.53. The van der Waals surface area contributed by atoms with Gasteiger partial charge in [0.25, 0.3) is 5.91 Å². The number of nitrogens with two attached hydrogens (primary N) is 1. The van der Waals surface area contributed by atoms with Crippen LogP contribution in [-0.4, -0.2) is 15.7 Å². The summed E-state index contributed by atoms with van der Waals surface area (Å²) in [5.41, 5.74) is 6.93. The van der Waals surface area contributed by atoms with Crippen molar-refractivity contribution in [2.75, 3.05) is 0 Å². The number of halogens is 1. The van der Waals surface area contributed by atoms with Crippen molar-refractivity contribution in [3.63, 3.8) is 0 Å². The molecule has 0 saturated carbocycles. The van der Waals surface area contributed by atoms with Crippen molar-refractivity contribution in [3.05, 3.63) is 46.6 Å². The third-order valence-electron chi connectivity index (χ3n) is 2.67. The lowest BCUT2D eigenvalue weighted by Gasteiger charge is -2.01. The van der Waals surface area contributed by atoms with Crippen LogP contribution in [0.4, 0.5) is 0 Å². The van der Waals surface area contributed by atoms with Crippen LogP contribution in [0.1, 0.15) is 5.56 Å². The Hall–Kier alpha value is -2.58. The first-order valence-electron chi connectivity index (χ1n) is 5.73. The quantitative estimate of drug-likeness (QED) is 0.693. The van der Waals surface area contributed by atoms with Crippen molar-refractivity contribution in [3.8, 4) is 17.3 Å². The molecule has 5 nitrogen and oxygen atoms in total. The molecule has 0 fully saturated rings. The molecule has 0 spiro atoms. The number of carbonyl (C=O) groups is 1. The lowest BCUT2D eigenvalue weighted by atomic mass is 10.1. The molecule has 0 saturated heterocycles. The second kappa shape index (κ2) is 5.59. The molecule has 6 heteroatoms. The highest BCUT2D eigenvalue weighted by molar-refractivity contribution is 6.33. The zero-order chi connectivity index (χ0) is 14.7. The van der Waals surface area contributed by atoms with E-state index in [1.165, 1.54) is 6.08 Å². The minimum absolute atomic E-state index is 0.133. The van der Waals surface area contributed by atoms with E-state index in [2.05, 4.69) is 5.10 Å². The SMILES string of the molecule is Cn1cc(C=C(C#N)C(N)=O)c(-c2ccccc2Cl)n1. The van der Waals surface area contributed by atoms with Gasteiger partial charge in [0.1, 0.15) is 17.3 Å². The predicted molar refractivity (Wildman–Crippen MR) is 76.4 cm³/mol. The normalized spacial score (nSPS) is 11.2. The van der Waals surface area contributed by atoms with Crippen LogP contribution >= 0.6 is 11.6 Å². The zero-order valence-corrected chi connectivity index (χ0v) is 11.4. The number of nitrogens with zero attached hydrogens (tertiary/aromatic N) is 3. The Balaban J connectivity index is 2.61. The molecule has 2 aromatic rings. The van der Waals surface area contributed by atoms with Gasteiger partial charge in [-0.15, -0.1) is 0 Å². The van der Waals surface area contributed by atoms with Gasteiger partial charge in [-0.2, -0.15) is 10.4 Å². The Morgan fingerprint density at radius 1 is 1.50 bits per heavy atom. The molecule has 0 aliphatic heterocycles. The highest BCUT2D eigenvalue weighted by atomic mass is 35.5. The number of aromatic nitrogens is 2. The van der Waals surface area contributed by atoms with Crippen molar-refractivity contribution in [2.24, 2.45) is 12.8 Å². The second-order valence-electron chi connectivity index (χ2n) is 4.12. The van der Waals surface area contributed by atoms with E-state index in [9.17, 15) is 4.79 Å². The lowest BCUT2D eigenvalue weighted by molar-refractivity contribution is -0.114. The largest absolute Gasteiger partial charge is 0.365 e. The van der Waals surface area contributed by atoms with Gasteiger partial charge >= 0.3 is 0 Å². The van der Waals surface area contributed by atoms with Gasteiger partial charge in [0.15, 0.2) is 0 Å². The molecule has 1 aromatic heterocycles. The fraction of sp³-hybridized carbons (Fsp3) is 0.0714. The van der Waals surface area contributed by atoms with Crippen LogP contribution < -0.4 is 5.73 Å². The Morgan fingerprint density at radius 2 is 2.20 bits per heavy atom. The summed E-state index contributed by atoms with van der Waals surface area (Å²) in [6, 6.07) is 8.99. The number of carbonyl (C=O) groups excluding carboxylic acids is 1. The van der Waals surface area contributed by atoms with Gasteiger partial charge in [-0.05, 0) is 12.1 Å². The average Bonchev–Trinajstić information content (AvgIpc) is 2.77. The molecule has 2 N–H and O–H groups in total. The minimum atomic E-state index is -0.776. The highest BCUT2D eigenvalue weighted by Gasteiger charge is 2.13. The molecule has 0 bridgehead atoms. The maximum absolute atomic E-state index is 11.1. The van der Waals surface area contributed by atoms with E-state index in [-0.39, 0.29) is 5.57 Å². The molecule has 0 unspecified atom stereocenters. The highest BCUT2D eigenvalue weighted by Crippen LogP contribution is 2.30. The molecular formula is C14H11ClN4O. The molecule has 0 aliphatic carbocycles. The van der Waals surface area contributed by atoms with Gasteiger partial charge in [0.2, 0.25) is 0 Å². The summed E-state index contributed by atoms with van der Waals surface area (Å²) in [5, 5.41) is 13.8. The smallest absolute Gasteiger partial charge is 0.259 e. The first-order valence-corrected chi connectivity index (χ1v) is 6.11. The van der Waals surface area contributed by atoms with E-state index in [0.29, 0.717) is 16.3 Å². The van der Waals surface area contributed by atoms with E-state index >= 15 is 0 Å². The van der Waals surface area contributed by atoms with Gasteiger partial charge in [-0.1, -0.05) is 29.8 Å². The van der Waals surface area contributed by atoms with Crippen molar-refractivity contribution in [1.29, 1.82) is 5.26 Å². The van der Waals surface area contributed by atoms with Crippen LogP contribution in [0.2, 0.25) is 5.02 Å². The van der Waals surface area contributed by atoms with Crippen molar-refractivity contribution >= 4 is 23.6 Å². The van der Waals surface area contributed by atoms with Crippen LogP contribution in [0, 0.1) is 11.3 Å². The fourth-order valence-electron chi connectivity index (χ4n) is 1.79. The summed E-state index contributed by atoms with van der Waals surface area (Å²) >= 11 is 6.15. The van der Waals surface area contributed by atoms with Crippen molar-refractivity contribution < 1.29 is 4.79 Å². The van der Waals surface area contributed by atoms with Gasteiger partial charge in [0, 0.05) is 24.4 Å². The van der Waals surface area contributed by atoms with E-state index in [4.69, 9.17) is 22.6 Å². The molecule has 1 amide bonds. The summed E-state index contributed by atoms with van der Waals surface area (Å²) < 4.78 is 1.58. The maximum Gasteiger partial charge on any atom is 0.259 e. The van der Waals surface area contributed by atoms with Crippen LogP contribution in [0.3, 0.4) is 0 Å². The van der Waals surface area contributed by atoms with Crippen molar-refractivity contribution in [2.45, 2.75) is 0 Å². The van der Waals surface area contributed by atoms with E-state index in [0.717, 1.165) is 5.56 Å². The maximum atomic E-state index is 11.1. The Kier molecular flexibility index (Phi) is 3.87. The number of aryl methyl sites for hydroxylation is 1. The molecule has 2 rings (SSSR count). The molecule has 1 heterocycles. The molecule has 0 aliphatic rings. The van der Waals surface area contributed by atoms with E-state index in [1.807, 2.05) is 18.2 Å². The fourth-order valence-corrected chi connectivity index (χ4v) is 2.01. The molecule has 0 atom stereocenters. The van der Waals surface area contributed by atoms with Crippen LogP contribution in [0.25, 0.3) is 17.3 Å². The number of hydrogen-bond donors (Lipinski definition) is 1. The van der Waals surface area contributed by atoms with Crippen LogP contribution in [0.15, 0.2) is 36.0 Å². The zero-order valence-electron chi connectivity index (χ0n) is 10.7.